The van der Waals surface area contributed by atoms with E-state index >= 15 is 0 Å². The molecule has 3 saturated heterocycles. The number of amides is 3. The van der Waals surface area contributed by atoms with Gasteiger partial charge in [0, 0.05) is 5.92 Å². The second-order valence-corrected chi connectivity index (χ2v) is 8.12. The van der Waals surface area contributed by atoms with E-state index in [1.54, 1.807) is 0 Å². The molecule has 3 fully saturated rings. The van der Waals surface area contributed by atoms with Crippen molar-refractivity contribution in [2.75, 3.05) is 11.9 Å². The summed E-state index contributed by atoms with van der Waals surface area (Å²) >= 11 is 1.34. The van der Waals surface area contributed by atoms with Crippen LogP contribution in [0.25, 0.3) is 0 Å². The van der Waals surface area contributed by atoms with Crippen LogP contribution in [0.3, 0.4) is 0 Å². The highest BCUT2D eigenvalue weighted by molar-refractivity contribution is 7.15. The number of likely N-dealkylation sites (tertiary alicyclic amines) is 1. The zero-order chi connectivity index (χ0) is 18.4. The number of carbonyl (C=O) groups is 3. The molecule has 0 radical (unpaired) electrons. The van der Waals surface area contributed by atoms with Crippen molar-refractivity contribution < 1.29 is 19.1 Å². The number of imide groups is 1. The Balaban J connectivity index is 1.40. The van der Waals surface area contributed by atoms with E-state index in [0.29, 0.717) is 11.0 Å². The summed E-state index contributed by atoms with van der Waals surface area (Å²) in [6, 6.07) is 0. The second kappa shape index (κ2) is 6.70. The number of carbonyl (C=O) groups excluding carboxylic acids is 3. The maximum Gasteiger partial charge on any atom is 0.246 e. The molecule has 1 aromatic heterocycles. The highest BCUT2D eigenvalue weighted by atomic mass is 32.1. The van der Waals surface area contributed by atoms with Crippen molar-refractivity contribution in [1.29, 1.82) is 0 Å². The van der Waals surface area contributed by atoms with Crippen molar-refractivity contribution in [3.8, 4) is 0 Å². The number of ether oxygens (including phenoxy) is 1. The fourth-order valence-electron chi connectivity index (χ4n) is 4.32. The Morgan fingerprint density at radius 2 is 1.81 bits per heavy atom. The second-order valence-electron chi connectivity index (χ2n) is 7.11. The van der Waals surface area contributed by atoms with E-state index in [4.69, 9.17) is 4.74 Å². The quantitative estimate of drug-likeness (QED) is 0.754. The summed E-state index contributed by atoms with van der Waals surface area (Å²) < 4.78 is 5.69. The largest absolute Gasteiger partial charge is 0.373 e. The monoisotopic (exact) mass is 378 g/mol. The van der Waals surface area contributed by atoms with Gasteiger partial charge in [-0.2, -0.15) is 0 Å². The van der Waals surface area contributed by atoms with E-state index in [1.807, 2.05) is 0 Å². The Labute approximate surface area is 155 Å². The summed E-state index contributed by atoms with van der Waals surface area (Å²) in [6.45, 7) is 3.91. The van der Waals surface area contributed by atoms with Crippen molar-refractivity contribution in [3.05, 3.63) is 5.01 Å². The lowest BCUT2D eigenvalue weighted by Gasteiger charge is -2.16. The Morgan fingerprint density at radius 1 is 1.19 bits per heavy atom. The van der Waals surface area contributed by atoms with Crippen LogP contribution in [0.5, 0.6) is 0 Å². The van der Waals surface area contributed by atoms with Gasteiger partial charge in [0.15, 0.2) is 0 Å². The zero-order valence-electron chi connectivity index (χ0n) is 14.8. The third kappa shape index (κ3) is 2.73. The lowest BCUT2D eigenvalue weighted by molar-refractivity contribution is -0.145. The molecule has 9 heteroatoms. The molecule has 1 N–H and O–H groups in total. The van der Waals surface area contributed by atoms with Gasteiger partial charge >= 0.3 is 0 Å². The van der Waals surface area contributed by atoms with E-state index < -0.39 is 17.7 Å². The maximum atomic E-state index is 12.6. The fourth-order valence-corrected chi connectivity index (χ4v) is 5.35. The Hall–Kier alpha value is -1.87. The van der Waals surface area contributed by atoms with Gasteiger partial charge in [0.2, 0.25) is 22.9 Å². The Kier molecular flexibility index (Phi) is 4.52. The van der Waals surface area contributed by atoms with Crippen LogP contribution in [-0.2, 0) is 19.1 Å². The van der Waals surface area contributed by atoms with Crippen molar-refractivity contribution in [1.82, 2.24) is 15.1 Å². The predicted octanol–water partition coefficient (Wildman–Crippen LogP) is 1.54. The minimum atomic E-state index is -0.424. The third-order valence-corrected chi connectivity index (χ3v) is 6.70. The van der Waals surface area contributed by atoms with Crippen molar-refractivity contribution in [2.45, 2.75) is 57.7 Å². The predicted molar refractivity (Wildman–Crippen MR) is 93.5 cm³/mol. The number of nitrogens with one attached hydrogen (secondary N) is 1. The summed E-state index contributed by atoms with van der Waals surface area (Å²) in [5.41, 5.74) is 0. The van der Waals surface area contributed by atoms with E-state index in [-0.39, 0.29) is 30.6 Å². The van der Waals surface area contributed by atoms with Crippen molar-refractivity contribution >= 4 is 34.2 Å². The molecule has 26 heavy (non-hydrogen) atoms. The fraction of sp³-hybridized carbons (Fsp3) is 0.706. The van der Waals surface area contributed by atoms with Gasteiger partial charge in [0.1, 0.15) is 11.6 Å². The standard InChI is InChI=1S/C17H22N4O4S/c1-3-8(4-2)14-19-20-17(26-14)18-11(22)7-21-15(23)12-9-5-6-10(25-9)13(12)16(21)24/h8-10,12-13H,3-7H2,1-2H3,(H,18,20,22)/t9-,10-,12+,13+/m1/s1. The van der Waals surface area contributed by atoms with Gasteiger partial charge in [-0.15, -0.1) is 10.2 Å². The molecule has 4 atom stereocenters. The van der Waals surface area contributed by atoms with E-state index in [0.717, 1.165) is 35.6 Å². The normalized spacial score (nSPS) is 29.7. The highest BCUT2D eigenvalue weighted by Crippen LogP contribution is 2.48. The topological polar surface area (TPSA) is 101 Å². The summed E-state index contributed by atoms with van der Waals surface area (Å²) in [4.78, 5) is 38.5. The summed E-state index contributed by atoms with van der Waals surface area (Å²) in [6.07, 6.45) is 3.22. The minimum absolute atomic E-state index is 0.166. The number of nitrogens with zero attached hydrogens (tertiary/aromatic N) is 3. The van der Waals surface area contributed by atoms with Crippen LogP contribution in [0, 0.1) is 11.8 Å². The smallest absolute Gasteiger partial charge is 0.246 e. The highest BCUT2D eigenvalue weighted by Gasteiger charge is 2.62. The van der Waals surface area contributed by atoms with E-state index in [2.05, 4.69) is 29.4 Å². The van der Waals surface area contributed by atoms with Crippen LogP contribution in [0.15, 0.2) is 0 Å². The Morgan fingerprint density at radius 3 is 2.38 bits per heavy atom. The van der Waals surface area contributed by atoms with Crippen molar-refractivity contribution in [3.63, 3.8) is 0 Å². The van der Waals surface area contributed by atoms with Crippen LogP contribution >= 0.6 is 11.3 Å². The molecule has 1 aromatic rings. The van der Waals surface area contributed by atoms with E-state index in [1.165, 1.54) is 11.3 Å². The number of anilines is 1. The molecule has 0 aromatic carbocycles. The Bertz CT molecular complexity index is 719. The number of hydrogen-bond donors (Lipinski definition) is 1. The number of fused-ring (bicyclic) bond motifs is 5. The lowest BCUT2D eigenvalue weighted by Crippen LogP contribution is -2.40. The molecule has 0 unspecified atom stereocenters. The van der Waals surface area contributed by atoms with Gasteiger partial charge in [-0.25, -0.2) is 0 Å². The number of rotatable bonds is 6. The lowest BCUT2D eigenvalue weighted by atomic mass is 9.81. The summed E-state index contributed by atoms with van der Waals surface area (Å²) in [7, 11) is 0. The minimum Gasteiger partial charge on any atom is -0.373 e. The molecule has 140 valence electrons. The van der Waals surface area contributed by atoms with Gasteiger partial charge in [-0.3, -0.25) is 24.6 Å². The average molecular weight is 378 g/mol. The molecule has 3 amide bonds. The first-order valence-corrected chi connectivity index (χ1v) is 9.99. The van der Waals surface area contributed by atoms with Crippen LogP contribution in [0.4, 0.5) is 5.13 Å². The average Bonchev–Trinajstić information content (AvgIpc) is 3.38. The third-order valence-electron chi connectivity index (χ3n) is 5.70. The van der Waals surface area contributed by atoms with Crippen molar-refractivity contribution in [2.24, 2.45) is 11.8 Å². The molecule has 0 saturated carbocycles. The summed E-state index contributed by atoms with van der Waals surface area (Å²) in [5, 5.41) is 12.1. The van der Waals surface area contributed by atoms with Crippen LogP contribution in [-0.4, -0.2) is 51.6 Å². The first kappa shape index (κ1) is 17.5. The number of hydrogen-bond acceptors (Lipinski definition) is 7. The summed E-state index contributed by atoms with van der Waals surface area (Å²) in [5.74, 6) is -1.47. The molecule has 4 heterocycles. The molecule has 0 spiro atoms. The maximum absolute atomic E-state index is 12.6. The van der Waals surface area contributed by atoms with Gasteiger partial charge in [-0.05, 0) is 25.7 Å². The molecule has 3 aliphatic heterocycles. The zero-order valence-corrected chi connectivity index (χ0v) is 15.6. The molecule has 2 bridgehead atoms. The molecular weight excluding hydrogens is 356 g/mol. The van der Waals surface area contributed by atoms with Gasteiger partial charge < -0.3 is 4.74 Å². The molecular formula is C17H22N4O4S. The number of aromatic nitrogens is 2. The first-order chi connectivity index (χ1) is 12.5. The van der Waals surface area contributed by atoms with Crippen LogP contribution in [0.2, 0.25) is 0 Å². The SMILES string of the molecule is CCC(CC)c1nnc(NC(=O)CN2C(=O)[C@@H]3[C@@H](C2=O)[C@H]2CC[C@H]3O2)s1. The first-order valence-electron chi connectivity index (χ1n) is 9.17. The van der Waals surface area contributed by atoms with Crippen LogP contribution in [0.1, 0.15) is 50.5 Å². The van der Waals surface area contributed by atoms with Gasteiger partial charge in [-0.1, -0.05) is 25.2 Å². The molecule has 0 aliphatic carbocycles. The van der Waals surface area contributed by atoms with Gasteiger partial charge in [0.25, 0.3) is 0 Å². The molecule has 3 aliphatic rings. The van der Waals surface area contributed by atoms with E-state index in [9.17, 15) is 14.4 Å². The molecule has 8 nitrogen and oxygen atoms in total. The van der Waals surface area contributed by atoms with Gasteiger partial charge in [0.05, 0.1) is 24.0 Å². The van der Waals surface area contributed by atoms with Crippen LogP contribution < -0.4 is 5.32 Å². The molecule has 4 rings (SSSR count).